The van der Waals surface area contributed by atoms with Gasteiger partial charge in [0, 0.05) is 67.5 Å². The molecule has 7 heteroatoms. The molecule has 91 heavy (non-hydrogen) atoms. The minimum Gasteiger partial charge on any atom is -0.376 e. The average molecular weight is 1170 g/mol. The number of hydrogen-bond acceptors (Lipinski definition) is 3. The highest BCUT2D eigenvalue weighted by Gasteiger charge is 2.49. The Balaban J connectivity index is 0.835. The summed E-state index contributed by atoms with van der Waals surface area (Å²) < 4.78 is 0. The molecule has 0 saturated heterocycles. The summed E-state index contributed by atoms with van der Waals surface area (Å²) in [5, 5.41) is 5.36. The van der Waals surface area contributed by atoms with E-state index in [0.29, 0.717) is 0 Å². The summed E-state index contributed by atoms with van der Waals surface area (Å²) in [5.41, 5.74) is 33.1. The smallest absolute Gasteiger partial charge is 0.329 e. The Morgan fingerprint density at radius 1 is 0.176 bits per heavy atom. The molecular weight excluding hydrogens is 1110 g/mol. The van der Waals surface area contributed by atoms with Crippen LogP contribution in [0.15, 0.2) is 328 Å². The van der Waals surface area contributed by atoms with Crippen LogP contribution < -0.4 is 68.0 Å². The molecule has 14 aromatic rings. The molecule has 6 aliphatic rings. The fourth-order valence-corrected chi connectivity index (χ4v) is 22.1. The van der Waals surface area contributed by atoms with Crippen molar-refractivity contribution in [3.63, 3.8) is 0 Å². The first kappa shape index (κ1) is 50.8. The van der Waals surface area contributed by atoms with Crippen LogP contribution in [0.1, 0.15) is 0 Å². The van der Waals surface area contributed by atoms with Crippen molar-refractivity contribution in [1.29, 1.82) is 0 Å². The number of benzene rings is 14. The van der Waals surface area contributed by atoms with Gasteiger partial charge >= 0.3 is 20.5 Å². The lowest BCUT2D eigenvalue weighted by atomic mass is 9.43. The van der Waals surface area contributed by atoms with Crippen molar-refractivity contribution in [2.24, 2.45) is 0 Å². The van der Waals surface area contributed by atoms with Crippen molar-refractivity contribution < 1.29 is 0 Å². The van der Waals surface area contributed by atoms with Gasteiger partial charge in [-0.25, -0.2) is 0 Å². The van der Waals surface area contributed by atoms with Crippen LogP contribution in [0.25, 0.3) is 77.9 Å². The zero-order valence-electron chi connectivity index (χ0n) is 49.8. The van der Waals surface area contributed by atoms with Crippen molar-refractivity contribution in [3.8, 4) is 77.9 Å². The topological polar surface area (TPSA) is 9.72 Å². The molecule has 0 N–H and O–H groups in total. The highest BCUT2D eigenvalue weighted by atomic mass is 28.3. The zero-order chi connectivity index (χ0) is 59.5. The number of nitrogens with zero attached hydrogens (tertiary/aromatic N) is 3. The lowest BCUT2D eigenvalue weighted by Crippen LogP contribution is -2.75. The van der Waals surface area contributed by atoms with Crippen LogP contribution in [0, 0.1) is 0 Å². The van der Waals surface area contributed by atoms with Crippen molar-refractivity contribution in [1.82, 2.24) is 0 Å². The largest absolute Gasteiger partial charge is 0.376 e. The van der Waals surface area contributed by atoms with E-state index < -0.39 is 8.07 Å². The van der Waals surface area contributed by atoms with Crippen molar-refractivity contribution in [2.75, 3.05) is 14.4 Å². The zero-order valence-corrected chi connectivity index (χ0v) is 50.8. The van der Waals surface area contributed by atoms with E-state index in [1.807, 2.05) is 0 Å². The molecule has 6 heterocycles. The molecule has 0 spiro atoms. The maximum Gasteiger partial charge on any atom is 0.329 e. The first-order chi connectivity index (χ1) is 45.2. The minimum atomic E-state index is -3.39. The monoisotopic (exact) mass is 1170 g/mol. The second-order valence-electron chi connectivity index (χ2n) is 25.3. The number of hydrogen-bond donors (Lipinski definition) is 0. The van der Waals surface area contributed by atoms with Crippen LogP contribution in [0.5, 0.6) is 0 Å². The van der Waals surface area contributed by atoms with Crippen molar-refractivity contribution in [3.05, 3.63) is 328 Å². The van der Waals surface area contributed by atoms with E-state index >= 15 is 0 Å². The van der Waals surface area contributed by atoms with Gasteiger partial charge in [-0.2, -0.15) is 0 Å². The highest BCUT2D eigenvalue weighted by molar-refractivity contribution is 7.20. The van der Waals surface area contributed by atoms with Crippen LogP contribution in [-0.2, 0) is 0 Å². The van der Waals surface area contributed by atoms with E-state index in [-0.39, 0.29) is 20.5 Å². The van der Waals surface area contributed by atoms with Gasteiger partial charge in [0.25, 0.3) is 0 Å². The molecule has 6 aliphatic heterocycles. The van der Waals surface area contributed by atoms with Crippen LogP contribution in [0.4, 0.5) is 34.1 Å². The molecule has 0 bridgehead atoms. The quantitative estimate of drug-likeness (QED) is 0.126. The molecule has 0 aliphatic carbocycles. The summed E-state index contributed by atoms with van der Waals surface area (Å²) in [6.07, 6.45) is 0. The number of fused-ring (bicyclic) bond motifs is 33. The van der Waals surface area contributed by atoms with Crippen molar-refractivity contribution >= 4 is 116 Å². The fraction of sp³-hybridized carbons (Fsp3) is 0. The van der Waals surface area contributed by atoms with E-state index in [1.54, 1.807) is 0 Å². The maximum absolute atomic E-state index is 3.39. The Hall–Kier alpha value is -11.1. The van der Waals surface area contributed by atoms with Crippen LogP contribution in [0.2, 0.25) is 0 Å². The third-order valence-corrected chi connectivity index (χ3v) is 25.7. The van der Waals surface area contributed by atoms with Gasteiger partial charge in [0.2, 0.25) is 0 Å². The Labute approximate surface area is 532 Å². The first-order valence-electron chi connectivity index (χ1n) is 32.0. The predicted octanol–water partition coefficient (Wildman–Crippen LogP) is 13.4. The second kappa shape index (κ2) is 19.4. The first-order valence-corrected chi connectivity index (χ1v) is 34.0. The van der Waals surface area contributed by atoms with Gasteiger partial charge in [0.1, 0.15) is 0 Å². The third-order valence-electron chi connectivity index (χ3n) is 21.0. The summed E-state index contributed by atoms with van der Waals surface area (Å²) in [6.45, 7) is 0.0102. The molecule has 14 aromatic carbocycles. The van der Waals surface area contributed by atoms with E-state index in [9.17, 15) is 0 Å². The van der Waals surface area contributed by atoms with Crippen LogP contribution in [0.3, 0.4) is 0 Å². The van der Waals surface area contributed by atoms with Crippen LogP contribution >= 0.6 is 0 Å². The summed E-state index contributed by atoms with van der Waals surface area (Å²) >= 11 is 0. The molecule has 3 nitrogen and oxygen atoms in total. The van der Waals surface area contributed by atoms with E-state index in [2.05, 4.69) is 342 Å². The highest BCUT2D eigenvalue weighted by Crippen LogP contribution is 2.50. The van der Waals surface area contributed by atoms with Crippen molar-refractivity contribution in [2.45, 2.75) is 0 Å². The molecular formula is C84H54B3N3Si. The molecule has 0 saturated carbocycles. The second-order valence-corrected chi connectivity index (χ2v) is 29.1. The summed E-state index contributed by atoms with van der Waals surface area (Å²) in [7, 11) is -3.39. The maximum atomic E-state index is 2.64. The lowest BCUT2D eigenvalue weighted by molar-refractivity contribution is 1.35. The molecule has 20 rings (SSSR count). The normalized spacial score (nSPS) is 14.1. The third kappa shape index (κ3) is 7.07. The molecule has 0 fully saturated rings. The Bertz CT molecular complexity index is 5220. The molecule has 0 radical (unpaired) electrons. The van der Waals surface area contributed by atoms with Gasteiger partial charge in [-0.3, -0.25) is 0 Å². The van der Waals surface area contributed by atoms with E-state index in [4.69, 9.17) is 0 Å². The Morgan fingerprint density at radius 3 is 0.934 bits per heavy atom. The summed E-state index contributed by atoms with van der Waals surface area (Å²) in [5.74, 6) is 0. The Kier molecular flexibility index (Phi) is 10.9. The van der Waals surface area contributed by atoms with Gasteiger partial charge in [0.05, 0.1) is 0 Å². The van der Waals surface area contributed by atoms with E-state index in [1.165, 1.54) is 166 Å². The molecule has 0 aromatic heterocycles. The van der Waals surface area contributed by atoms with E-state index in [0.717, 1.165) is 0 Å². The number of anilines is 6. The molecule has 1 atom stereocenters. The van der Waals surface area contributed by atoms with Gasteiger partial charge < -0.3 is 14.4 Å². The SMILES string of the molecule is c1ccc([Si](c2cccc(-c3ccc4c(c3)-c3ccccc3N3B4c4ccccc4-c4ccccc43)c2)(c2ccc3c(c2)-c2ccccc2N2B3c3ccccc3-c3ccccc32)c2ccc3c(c2)-c2ccccc2B2c4ccccc4-c4ccccc4N23)cc1. The molecule has 418 valence electrons. The average Bonchev–Trinajstić information content (AvgIpc) is 0.721. The van der Waals surface area contributed by atoms with Gasteiger partial charge in [-0.05, 0) is 140 Å². The number of rotatable bonds is 5. The fourth-order valence-electron chi connectivity index (χ4n) is 17.3. The van der Waals surface area contributed by atoms with Gasteiger partial charge in [-0.1, -0.05) is 285 Å². The minimum absolute atomic E-state index is 0.0148. The summed E-state index contributed by atoms with van der Waals surface area (Å²) in [4.78, 5) is 7.85. The molecule has 0 amide bonds. The van der Waals surface area contributed by atoms with Gasteiger partial charge in [-0.15, -0.1) is 0 Å². The number of para-hydroxylation sites is 5. The lowest BCUT2D eigenvalue weighted by Gasteiger charge is -2.44. The standard InChI is InChI=1S/C84H54B3N3Si/c1-2-24-57(25-3-1)91(59-46-49-78-71(53-59)69-35-12-21-44-83(69)89-80-41-18-9-32-66(80)63-29-6-15-38-75(63)87(78)89,60-47-50-84-72(54-60)64-30-7-16-39-76(64)85-73-36-13-4-27-61(73)67-33-10-19-42-81(67)90(84)85)58-26-22-23-55(51-58)56-45-48-77-70(52-56)68-34-11-20-43-82(68)88-79-40-17-8-31-65(79)62-28-5-14-37-74(62)86(77)88/h1-54H. The molecule has 1 unspecified atom stereocenters. The Morgan fingerprint density at radius 2 is 0.473 bits per heavy atom. The summed E-state index contributed by atoms with van der Waals surface area (Å²) in [6, 6.07) is 126. The predicted molar refractivity (Wildman–Crippen MR) is 389 cm³/mol. The van der Waals surface area contributed by atoms with Crippen LogP contribution in [-0.4, -0.2) is 28.6 Å². The van der Waals surface area contributed by atoms with Gasteiger partial charge in [0.15, 0.2) is 8.07 Å².